The monoisotopic (exact) mass is 448 g/mol. The molecule has 0 amide bonds. The van der Waals surface area contributed by atoms with Crippen LogP contribution in [0.1, 0.15) is 11.1 Å². The van der Waals surface area contributed by atoms with Crippen LogP contribution in [0, 0.1) is 0 Å². The number of benzene rings is 2. The molecule has 4 aromatic rings. The van der Waals surface area contributed by atoms with E-state index in [-0.39, 0.29) is 23.0 Å². The number of hydrogen-bond donors (Lipinski definition) is 0. The lowest BCUT2D eigenvalue weighted by Crippen LogP contribution is -2.40. The first-order chi connectivity index (χ1) is 13.8. The maximum atomic E-state index is 13.2. The van der Waals surface area contributed by atoms with Crippen molar-refractivity contribution in [1.82, 2.24) is 18.7 Å². The molecule has 0 spiro atoms. The number of nitrogens with zero attached hydrogens (tertiary/aromatic N) is 4. The lowest BCUT2D eigenvalue weighted by atomic mass is 10.2. The summed E-state index contributed by atoms with van der Waals surface area (Å²) in [6, 6.07) is 14.2. The highest BCUT2D eigenvalue weighted by Crippen LogP contribution is 2.19. The van der Waals surface area contributed by atoms with Crippen molar-refractivity contribution >= 4 is 46.0 Å². The summed E-state index contributed by atoms with van der Waals surface area (Å²) in [4.78, 5) is 30.3. The first-order valence-corrected chi connectivity index (χ1v) is 9.83. The van der Waals surface area contributed by atoms with Crippen molar-refractivity contribution in [2.45, 2.75) is 13.1 Å². The van der Waals surface area contributed by atoms with E-state index in [0.717, 1.165) is 11.1 Å². The second-order valence-corrected chi connectivity index (χ2v) is 7.84. The highest BCUT2D eigenvalue weighted by molar-refractivity contribution is 6.31. The number of rotatable bonds is 4. The summed E-state index contributed by atoms with van der Waals surface area (Å²) in [6.45, 7) is 0.434. The number of aryl methyl sites for hydroxylation is 1. The molecule has 0 radical (unpaired) electrons. The molecule has 2 aromatic carbocycles. The minimum absolute atomic E-state index is 0.113. The van der Waals surface area contributed by atoms with Crippen LogP contribution in [0.4, 0.5) is 0 Å². The van der Waals surface area contributed by atoms with Crippen LogP contribution in [0.2, 0.25) is 15.3 Å². The van der Waals surface area contributed by atoms with E-state index in [2.05, 4.69) is 4.98 Å². The Morgan fingerprint density at radius 3 is 1.79 bits per heavy atom. The maximum Gasteiger partial charge on any atom is 0.332 e. The third kappa shape index (κ3) is 3.71. The minimum atomic E-state index is -0.467. The average Bonchev–Trinajstić information content (AvgIpc) is 3.03. The molecule has 0 aliphatic rings. The van der Waals surface area contributed by atoms with Crippen LogP contribution in [0.3, 0.4) is 0 Å². The molecule has 148 valence electrons. The van der Waals surface area contributed by atoms with Gasteiger partial charge in [0.15, 0.2) is 11.2 Å². The van der Waals surface area contributed by atoms with Gasteiger partial charge in [-0.25, -0.2) is 4.79 Å². The smallest absolute Gasteiger partial charge is 0.304 e. The predicted molar refractivity (Wildman–Crippen MR) is 115 cm³/mol. The summed E-state index contributed by atoms with van der Waals surface area (Å²) in [5, 5.41) is 1.33. The molecule has 6 nitrogen and oxygen atoms in total. The van der Waals surface area contributed by atoms with Gasteiger partial charge in [0.1, 0.15) is 0 Å². The fourth-order valence-electron chi connectivity index (χ4n) is 3.17. The van der Waals surface area contributed by atoms with Crippen molar-refractivity contribution in [2.24, 2.45) is 7.05 Å². The Balaban J connectivity index is 1.87. The van der Waals surface area contributed by atoms with Crippen molar-refractivity contribution in [3.63, 3.8) is 0 Å². The van der Waals surface area contributed by atoms with Crippen molar-refractivity contribution in [1.29, 1.82) is 0 Å². The molecule has 0 fully saturated rings. The van der Waals surface area contributed by atoms with Gasteiger partial charge in [0.2, 0.25) is 5.28 Å². The van der Waals surface area contributed by atoms with Gasteiger partial charge in [-0.3, -0.25) is 13.9 Å². The third-order valence-electron chi connectivity index (χ3n) is 4.69. The first-order valence-electron chi connectivity index (χ1n) is 8.69. The predicted octanol–water partition coefficient (Wildman–Crippen LogP) is 3.95. The summed E-state index contributed by atoms with van der Waals surface area (Å²) in [5.74, 6) is 0. The van der Waals surface area contributed by atoms with Gasteiger partial charge in [0.05, 0.1) is 13.1 Å². The van der Waals surface area contributed by atoms with Gasteiger partial charge in [0.25, 0.3) is 5.56 Å². The standard InChI is InChI=1S/C20H15Cl3N4O2/c1-25-17-16(26(19(23)24-17)10-12-2-6-14(21)7-3-12)18(28)27(20(25)29)11-13-4-8-15(22)9-5-13/h2-9H,10-11H2,1H3. The van der Waals surface area contributed by atoms with Crippen molar-refractivity contribution in [2.75, 3.05) is 0 Å². The number of hydrogen-bond acceptors (Lipinski definition) is 3. The summed E-state index contributed by atoms with van der Waals surface area (Å²) < 4.78 is 4.10. The minimum Gasteiger partial charge on any atom is -0.304 e. The van der Waals surface area contributed by atoms with E-state index in [1.807, 2.05) is 12.1 Å². The van der Waals surface area contributed by atoms with E-state index in [9.17, 15) is 9.59 Å². The normalized spacial score (nSPS) is 11.3. The van der Waals surface area contributed by atoms with Gasteiger partial charge in [-0.05, 0) is 47.0 Å². The van der Waals surface area contributed by atoms with E-state index in [4.69, 9.17) is 34.8 Å². The molecule has 29 heavy (non-hydrogen) atoms. The molecule has 9 heteroatoms. The number of imidazole rings is 1. The second kappa shape index (κ2) is 7.71. The molecule has 0 N–H and O–H groups in total. The van der Waals surface area contributed by atoms with E-state index < -0.39 is 11.2 Å². The molecule has 0 unspecified atom stereocenters. The number of fused-ring (bicyclic) bond motifs is 1. The van der Waals surface area contributed by atoms with Crippen molar-refractivity contribution < 1.29 is 0 Å². The zero-order valence-electron chi connectivity index (χ0n) is 15.3. The highest BCUT2D eigenvalue weighted by atomic mass is 35.5. The molecule has 0 bridgehead atoms. The molecule has 4 rings (SSSR count). The average molecular weight is 450 g/mol. The van der Waals surface area contributed by atoms with Gasteiger partial charge in [-0.2, -0.15) is 4.98 Å². The van der Waals surface area contributed by atoms with E-state index in [1.165, 1.54) is 9.13 Å². The van der Waals surface area contributed by atoms with E-state index in [1.54, 1.807) is 48.0 Å². The fourth-order valence-corrected chi connectivity index (χ4v) is 3.65. The van der Waals surface area contributed by atoms with Crippen LogP contribution in [-0.4, -0.2) is 18.7 Å². The second-order valence-electron chi connectivity index (χ2n) is 6.63. The Bertz CT molecular complexity index is 1320. The largest absolute Gasteiger partial charge is 0.332 e. The van der Waals surface area contributed by atoms with Crippen molar-refractivity contribution in [3.8, 4) is 0 Å². The molecule has 0 saturated carbocycles. The molecule has 2 aromatic heterocycles. The lowest BCUT2D eigenvalue weighted by Gasteiger charge is -2.10. The van der Waals surface area contributed by atoms with Crippen molar-refractivity contribution in [3.05, 3.63) is 95.8 Å². The van der Waals surface area contributed by atoms with Gasteiger partial charge in [-0.15, -0.1) is 0 Å². The SMILES string of the molecule is Cn1c(=O)n(Cc2ccc(Cl)cc2)c(=O)c2c1nc(Cl)n2Cc1ccc(Cl)cc1. The van der Waals surface area contributed by atoms with Gasteiger partial charge in [0, 0.05) is 17.1 Å². The van der Waals surface area contributed by atoms with E-state index in [0.29, 0.717) is 16.6 Å². The quantitative estimate of drug-likeness (QED) is 0.443. The topological polar surface area (TPSA) is 61.8 Å². The van der Waals surface area contributed by atoms with Gasteiger partial charge >= 0.3 is 5.69 Å². The Morgan fingerprint density at radius 2 is 1.28 bits per heavy atom. The molecule has 0 aliphatic carbocycles. The zero-order chi connectivity index (χ0) is 20.7. The van der Waals surface area contributed by atoms with Crippen LogP contribution in [0.5, 0.6) is 0 Å². The molecular weight excluding hydrogens is 435 g/mol. The maximum absolute atomic E-state index is 13.2. The van der Waals surface area contributed by atoms with Crippen LogP contribution >= 0.6 is 34.8 Å². The summed E-state index contributed by atoms with van der Waals surface area (Å²) in [6.07, 6.45) is 0. The number of halogens is 3. The Hall–Kier alpha value is -2.54. The summed E-state index contributed by atoms with van der Waals surface area (Å²) in [5.41, 5.74) is 1.26. The number of aromatic nitrogens is 4. The lowest BCUT2D eigenvalue weighted by molar-refractivity contribution is 0.653. The zero-order valence-corrected chi connectivity index (χ0v) is 17.5. The van der Waals surface area contributed by atoms with Gasteiger partial charge < -0.3 is 4.57 Å². The summed E-state index contributed by atoms with van der Waals surface area (Å²) in [7, 11) is 1.57. The fraction of sp³-hybridized carbons (Fsp3) is 0.150. The molecule has 0 aliphatic heterocycles. The Labute approximate surface area is 180 Å². The van der Waals surface area contributed by atoms with Crippen LogP contribution in [0.15, 0.2) is 58.1 Å². The first kappa shape index (κ1) is 19.8. The Morgan fingerprint density at radius 1 is 0.793 bits per heavy atom. The summed E-state index contributed by atoms with van der Waals surface area (Å²) >= 11 is 18.2. The van der Waals surface area contributed by atoms with Crippen LogP contribution in [0.25, 0.3) is 11.2 Å². The van der Waals surface area contributed by atoms with Crippen LogP contribution < -0.4 is 11.2 Å². The third-order valence-corrected chi connectivity index (χ3v) is 5.49. The molecule has 2 heterocycles. The van der Waals surface area contributed by atoms with Gasteiger partial charge in [-0.1, -0.05) is 47.5 Å². The molecule has 0 saturated heterocycles. The molecule has 0 atom stereocenters. The molecular formula is C20H15Cl3N4O2. The highest BCUT2D eigenvalue weighted by Gasteiger charge is 2.19. The van der Waals surface area contributed by atoms with Crippen LogP contribution in [-0.2, 0) is 20.1 Å². The Kier molecular flexibility index (Phi) is 5.25. The van der Waals surface area contributed by atoms with E-state index >= 15 is 0 Å².